The topological polar surface area (TPSA) is 38.3 Å². The second-order valence-corrected chi connectivity index (χ2v) is 5.52. The van der Waals surface area contributed by atoms with Gasteiger partial charge in [0.1, 0.15) is 5.54 Å². The number of hydrogen-bond donors (Lipinski definition) is 1. The lowest BCUT2D eigenvalue weighted by Gasteiger charge is -2.23. The van der Waals surface area contributed by atoms with E-state index in [2.05, 4.69) is 12.2 Å². The van der Waals surface area contributed by atoms with Gasteiger partial charge in [-0.3, -0.25) is 4.79 Å². The number of methoxy groups -OCH3 is 1. The number of rotatable bonds is 11. The highest BCUT2D eigenvalue weighted by atomic mass is 16.5. The van der Waals surface area contributed by atoms with E-state index in [1.54, 1.807) is 0 Å². The second-order valence-electron chi connectivity index (χ2n) is 5.52. The SMILES string of the molecule is CCCCCCCCCCNC(C)(C)C(=O)OC. The summed E-state index contributed by atoms with van der Waals surface area (Å²) >= 11 is 0. The summed E-state index contributed by atoms with van der Waals surface area (Å²) in [5.74, 6) is -0.193. The molecule has 1 N–H and O–H groups in total. The lowest BCUT2D eigenvalue weighted by Crippen LogP contribution is -2.47. The Bertz CT molecular complexity index is 215. The normalized spacial score (nSPS) is 11.6. The number of hydrogen-bond acceptors (Lipinski definition) is 3. The summed E-state index contributed by atoms with van der Waals surface area (Å²) < 4.78 is 4.75. The van der Waals surface area contributed by atoms with Crippen LogP contribution in [0.5, 0.6) is 0 Å². The van der Waals surface area contributed by atoms with Gasteiger partial charge in [-0.05, 0) is 26.8 Å². The highest BCUT2D eigenvalue weighted by Gasteiger charge is 2.27. The summed E-state index contributed by atoms with van der Waals surface area (Å²) in [5.41, 5.74) is -0.560. The van der Waals surface area contributed by atoms with Crippen LogP contribution in [0.25, 0.3) is 0 Å². The number of unbranched alkanes of at least 4 members (excludes halogenated alkanes) is 7. The monoisotopic (exact) mass is 257 g/mol. The maximum atomic E-state index is 11.4. The van der Waals surface area contributed by atoms with Crippen LogP contribution in [-0.4, -0.2) is 25.2 Å². The molecule has 0 radical (unpaired) electrons. The molecule has 3 nitrogen and oxygen atoms in total. The van der Waals surface area contributed by atoms with Crippen LogP contribution in [0.15, 0.2) is 0 Å². The van der Waals surface area contributed by atoms with E-state index in [9.17, 15) is 4.79 Å². The third-order valence-corrected chi connectivity index (χ3v) is 3.29. The van der Waals surface area contributed by atoms with Crippen LogP contribution in [-0.2, 0) is 9.53 Å². The van der Waals surface area contributed by atoms with Gasteiger partial charge in [0.2, 0.25) is 0 Å². The van der Waals surface area contributed by atoms with E-state index >= 15 is 0 Å². The molecular formula is C15H31NO2. The minimum absolute atomic E-state index is 0.193. The van der Waals surface area contributed by atoms with Crippen LogP contribution in [0.1, 0.15) is 72.1 Å². The maximum absolute atomic E-state index is 11.4. The molecule has 0 aliphatic rings. The Morgan fingerprint density at radius 1 is 1.00 bits per heavy atom. The summed E-state index contributed by atoms with van der Waals surface area (Å²) in [6.07, 6.45) is 10.5. The Morgan fingerprint density at radius 3 is 2.00 bits per heavy atom. The standard InChI is InChI=1S/C15H31NO2/c1-5-6-7-8-9-10-11-12-13-16-15(2,3)14(17)18-4/h16H,5-13H2,1-4H3. The predicted molar refractivity (Wildman–Crippen MR) is 76.7 cm³/mol. The zero-order chi connectivity index (χ0) is 13.9. The van der Waals surface area contributed by atoms with E-state index in [0.29, 0.717) is 0 Å². The summed E-state index contributed by atoms with van der Waals surface area (Å²) in [6, 6.07) is 0. The van der Waals surface area contributed by atoms with Gasteiger partial charge in [-0.15, -0.1) is 0 Å². The van der Waals surface area contributed by atoms with Gasteiger partial charge in [0.15, 0.2) is 0 Å². The fourth-order valence-corrected chi connectivity index (χ4v) is 1.99. The van der Waals surface area contributed by atoms with Crippen molar-refractivity contribution in [2.75, 3.05) is 13.7 Å². The Kier molecular flexibility index (Phi) is 10.0. The van der Waals surface area contributed by atoms with Gasteiger partial charge in [0.05, 0.1) is 7.11 Å². The lowest BCUT2D eigenvalue weighted by atomic mass is 10.1. The van der Waals surface area contributed by atoms with E-state index < -0.39 is 5.54 Å². The molecule has 0 aromatic heterocycles. The molecule has 0 saturated carbocycles. The average molecular weight is 257 g/mol. The molecule has 0 rings (SSSR count). The fraction of sp³-hybridized carbons (Fsp3) is 0.933. The molecule has 0 aliphatic heterocycles. The van der Waals surface area contributed by atoms with Crippen LogP contribution in [0.4, 0.5) is 0 Å². The molecular weight excluding hydrogens is 226 g/mol. The Labute approximate surface area is 113 Å². The van der Waals surface area contributed by atoms with Gasteiger partial charge in [-0.2, -0.15) is 0 Å². The molecule has 18 heavy (non-hydrogen) atoms. The van der Waals surface area contributed by atoms with Crippen LogP contribution in [0.3, 0.4) is 0 Å². The van der Waals surface area contributed by atoms with Crippen molar-refractivity contribution >= 4 is 5.97 Å². The molecule has 0 bridgehead atoms. The van der Waals surface area contributed by atoms with Crippen molar-refractivity contribution in [2.45, 2.75) is 77.7 Å². The van der Waals surface area contributed by atoms with Gasteiger partial charge in [-0.25, -0.2) is 0 Å². The Morgan fingerprint density at radius 2 is 1.50 bits per heavy atom. The van der Waals surface area contributed by atoms with Gasteiger partial charge in [0, 0.05) is 0 Å². The van der Waals surface area contributed by atoms with Gasteiger partial charge in [-0.1, -0.05) is 51.9 Å². The van der Waals surface area contributed by atoms with E-state index in [1.165, 1.54) is 52.1 Å². The quantitative estimate of drug-likeness (QED) is 0.453. The smallest absolute Gasteiger partial charge is 0.325 e. The van der Waals surface area contributed by atoms with Crippen LogP contribution >= 0.6 is 0 Å². The molecule has 0 spiro atoms. The number of carbonyl (C=O) groups is 1. The van der Waals surface area contributed by atoms with Crippen molar-refractivity contribution in [1.29, 1.82) is 0 Å². The van der Waals surface area contributed by atoms with E-state index in [0.717, 1.165) is 13.0 Å². The van der Waals surface area contributed by atoms with Crippen molar-refractivity contribution in [1.82, 2.24) is 5.32 Å². The van der Waals surface area contributed by atoms with Crippen molar-refractivity contribution in [3.8, 4) is 0 Å². The van der Waals surface area contributed by atoms with Crippen molar-refractivity contribution in [2.24, 2.45) is 0 Å². The van der Waals surface area contributed by atoms with Gasteiger partial charge < -0.3 is 10.1 Å². The molecule has 3 heteroatoms. The molecule has 0 unspecified atom stereocenters. The summed E-state index contributed by atoms with van der Waals surface area (Å²) in [5, 5.41) is 3.25. The first-order valence-electron chi connectivity index (χ1n) is 7.38. The highest BCUT2D eigenvalue weighted by Crippen LogP contribution is 2.09. The van der Waals surface area contributed by atoms with Crippen molar-refractivity contribution < 1.29 is 9.53 Å². The zero-order valence-electron chi connectivity index (χ0n) is 12.7. The third kappa shape index (κ3) is 8.51. The lowest BCUT2D eigenvalue weighted by molar-refractivity contribution is -0.147. The number of ether oxygens (including phenoxy) is 1. The molecule has 0 atom stereocenters. The van der Waals surface area contributed by atoms with E-state index in [-0.39, 0.29) is 5.97 Å². The Hall–Kier alpha value is -0.570. The fourth-order valence-electron chi connectivity index (χ4n) is 1.99. The molecule has 0 saturated heterocycles. The minimum atomic E-state index is -0.560. The van der Waals surface area contributed by atoms with Crippen LogP contribution in [0.2, 0.25) is 0 Å². The zero-order valence-corrected chi connectivity index (χ0v) is 12.7. The van der Waals surface area contributed by atoms with Crippen molar-refractivity contribution in [3.05, 3.63) is 0 Å². The molecule has 108 valence electrons. The summed E-state index contributed by atoms with van der Waals surface area (Å²) in [4.78, 5) is 11.4. The molecule has 0 fully saturated rings. The van der Waals surface area contributed by atoms with E-state index in [4.69, 9.17) is 4.74 Å². The Balaban J connectivity index is 3.37. The molecule has 0 aliphatic carbocycles. The largest absolute Gasteiger partial charge is 0.468 e. The first-order chi connectivity index (χ1) is 8.54. The van der Waals surface area contributed by atoms with E-state index in [1.807, 2.05) is 13.8 Å². The first-order valence-corrected chi connectivity index (χ1v) is 7.38. The van der Waals surface area contributed by atoms with Crippen LogP contribution in [0, 0.1) is 0 Å². The minimum Gasteiger partial charge on any atom is -0.468 e. The summed E-state index contributed by atoms with van der Waals surface area (Å²) in [7, 11) is 1.43. The number of esters is 1. The van der Waals surface area contributed by atoms with Crippen LogP contribution < -0.4 is 5.32 Å². The maximum Gasteiger partial charge on any atom is 0.325 e. The average Bonchev–Trinajstić information content (AvgIpc) is 2.35. The summed E-state index contributed by atoms with van der Waals surface area (Å²) in [6.45, 7) is 6.86. The molecule has 0 aromatic carbocycles. The molecule has 0 heterocycles. The number of nitrogens with one attached hydrogen (secondary N) is 1. The number of carbonyl (C=O) groups excluding carboxylic acids is 1. The first kappa shape index (κ1) is 17.4. The predicted octanol–water partition coefficient (Wildman–Crippen LogP) is 3.67. The van der Waals surface area contributed by atoms with Gasteiger partial charge in [0.25, 0.3) is 0 Å². The molecule has 0 amide bonds. The third-order valence-electron chi connectivity index (χ3n) is 3.29. The highest BCUT2D eigenvalue weighted by molar-refractivity contribution is 5.79. The molecule has 0 aromatic rings. The van der Waals surface area contributed by atoms with Gasteiger partial charge >= 0.3 is 5.97 Å². The van der Waals surface area contributed by atoms with Crippen molar-refractivity contribution in [3.63, 3.8) is 0 Å². The second kappa shape index (κ2) is 10.4.